The summed E-state index contributed by atoms with van der Waals surface area (Å²) in [5.74, 6) is 0.924. The summed E-state index contributed by atoms with van der Waals surface area (Å²) in [6.07, 6.45) is 1.48. The third-order valence-corrected chi connectivity index (χ3v) is 5.77. The summed E-state index contributed by atoms with van der Waals surface area (Å²) in [6, 6.07) is 19.8. The highest BCUT2D eigenvalue weighted by atomic mass is 16.6. The zero-order valence-electron chi connectivity index (χ0n) is 18.4. The van der Waals surface area contributed by atoms with Crippen LogP contribution in [0.25, 0.3) is 22.1 Å². The second-order valence-corrected chi connectivity index (χ2v) is 7.96. The number of fused-ring (bicyclic) bond motifs is 2. The van der Waals surface area contributed by atoms with Crippen LogP contribution < -0.4 is 15.2 Å². The monoisotopic (exact) mass is 443 g/mol. The lowest BCUT2D eigenvalue weighted by Gasteiger charge is -2.28. The van der Waals surface area contributed by atoms with Crippen molar-refractivity contribution in [2.75, 3.05) is 13.2 Å². The first-order valence-electron chi connectivity index (χ1n) is 11.0. The number of hydrogen-bond donors (Lipinski definition) is 1. The fourth-order valence-corrected chi connectivity index (χ4v) is 4.19. The Hall–Kier alpha value is -3.77. The molecule has 0 spiro atoms. The number of para-hydroxylation sites is 1. The highest BCUT2D eigenvalue weighted by Gasteiger charge is 2.27. The first-order chi connectivity index (χ1) is 16.2. The van der Waals surface area contributed by atoms with Crippen molar-refractivity contribution in [1.82, 2.24) is 0 Å². The summed E-state index contributed by atoms with van der Waals surface area (Å²) in [4.78, 5) is 12.1. The van der Waals surface area contributed by atoms with Gasteiger partial charge in [0.05, 0.1) is 19.3 Å². The molecule has 6 nitrogen and oxygen atoms in total. The van der Waals surface area contributed by atoms with Crippen LogP contribution >= 0.6 is 0 Å². The Morgan fingerprint density at radius 2 is 2.00 bits per heavy atom. The summed E-state index contributed by atoms with van der Waals surface area (Å²) in [7, 11) is 0. The van der Waals surface area contributed by atoms with Gasteiger partial charge in [0.15, 0.2) is 17.6 Å². The van der Waals surface area contributed by atoms with Crippen LogP contribution in [-0.4, -0.2) is 19.2 Å². The topological polar surface area (TPSA) is 83.9 Å². The van der Waals surface area contributed by atoms with E-state index in [4.69, 9.17) is 24.4 Å². The molecule has 1 aromatic heterocycles. The number of hydrogen-bond acceptors (Lipinski definition) is 6. The highest BCUT2D eigenvalue weighted by Crippen LogP contribution is 2.41. The number of carbonyl (C=O) groups is 1. The maximum absolute atomic E-state index is 12.1. The number of ether oxygens (including phenoxy) is 3. The molecule has 5 rings (SSSR count). The first kappa shape index (κ1) is 21.1. The zero-order valence-corrected chi connectivity index (χ0v) is 18.4. The summed E-state index contributed by atoms with van der Waals surface area (Å²) in [6.45, 7) is 2.96. The van der Waals surface area contributed by atoms with E-state index in [1.807, 2.05) is 42.5 Å². The van der Waals surface area contributed by atoms with E-state index in [-0.39, 0.29) is 18.5 Å². The van der Waals surface area contributed by atoms with E-state index in [1.165, 1.54) is 0 Å². The second kappa shape index (κ2) is 9.00. The molecule has 4 aromatic rings. The standard InChI is InChI=1S/C27H25NO5/c1-2-30-25(29)14-19-7-4-8-23-27(19)33-24(16-32-23)21-12-20-9-10-31-26(20)22(13-21)18-6-3-5-17(11-18)15-28/h3-13,24H,2,14-16,28H2,1H3. The molecule has 1 unspecified atom stereocenters. The Kier molecular flexibility index (Phi) is 5.75. The van der Waals surface area contributed by atoms with Gasteiger partial charge in [-0.3, -0.25) is 4.79 Å². The van der Waals surface area contributed by atoms with Crippen molar-refractivity contribution in [3.63, 3.8) is 0 Å². The lowest BCUT2D eigenvalue weighted by Crippen LogP contribution is -2.23. The van der Waals surface area contributed by atoms with Crippen LogP contribution in [0.15, 0.2) is 71.3 Å². The molecule has 1 atom stereocenters. The van der Waals surface area contributed by atoms with Crippen molar-refractivity contribution in [3.8, 4) is 22.6 Å². The fraction of sp³-hybridized carbons (Fsp3) is 0.222. The second-order valence-electron chi connectivity index (χ2n) is 7.96. The van der Waals surface area contributed by atoms with Crippen LogP contribution in [-0.2, 0) is 22.5 Å². The molecule has 1 aliphatic heterocycles. The van der Waals surface area contributed by atoms with E-state index >= 15 is 0 Å². The van der Waals surface area contributed by atoms with E-state index in [9.17, 15) is 4.79 Å². The van der Waals surface area contributed by atoms with E-state index in [0.29, 0.717) is 31.3 Å². The van der Waals surface area contributed by atoms with Gasteiger partial charge < -0.3 is 24.4 Å². The predicted octanol–water partition coefficient (Wildman–Crippen LogP) is 5.18. The minimum Gasteiger partial charge on any atom is -0.485 e. The quantitative estimate of drug-likeness (QED) is 0.414. The normalized spacial score (nSPS) is 14.9. The average molecular weight is 443 g/mol. The van der Waals surface area contributed by atoms with E-state index in [1.54, 1.807) is 13.2 Å². The minimum atomic E-state index is -0.336. The average Bonchev–Trinajstić information content (AvgIpc) is 3.32. The molecule has 0 radical (unpaired) electrons. The Morgan fingerprint density at radius 1 is 1.12 bits per heavy atom. The Morgan fingerprint density at radius 3 is 2.85 bits per heavy atom. The van der Waals surface area contributed by atoms with Crippen molar-refractivity contribution in [2.45, 2.75) is 26.0 Å². The number of furan rings is 1. The third-order valence-electron chi connectivity index (χ3n) is 5.77. The Bertz CT molecular complexity index is 1310. The molecular formula is C27H25NO5. The first-order valence-corrected chi connectivity index (χ1v) is 11.0. The Balaban J connectivity index is 1.52. The predicted molar refractivity (Wildman–Crippen MR) is 125 cm³/mol. The number of benzene rings is 3. The van der Waals surface area contributed by atoms with Crippen LogP contribution in [0, 0.1) is 0 Å². The fourth-order valence-electron chi connectivity index (χ4n) is 4.19. The molecule has 0 saturated heterocycles. The van der Waals surface area contributed by atoms with Crippen LogP contribution in [0.2, 0.25) is 0 Å². The largest absolute Gasteiger partial charge is 0.485 e. The van der Waals surface area contributed by atoms with Crippen molar-refractivity contribution in [2.24, 2.45) is 5.73 Å². The van der Waals surface area contributed by atoms with E-state index < -0.39 is 0 Å². The smallest absolute Gasteiger partial charge is 0.310 e. The van der Waals surface area contributed by atoms with Gasteiger partial charge in [-0.1, -0.05) is 30.3 Å². The van der Waals surface area contributed by atoms with Gasteiger partial charge in [-0.15, -0.1) is 0 Å². The molecule has 6 heteroatoms. The van der Waals surface area contributed by atoms with Gasteiger partial charge in [-0.05, 0) is 53.9 Å². The number of carbonyl (C=O) groups excluding carboxylic acids is 1. The SMILES string of the molecule is CCOC(=O)Cc1cccc2c1OC(c1cc(-c3cccc(CN)c3)c3occc3c1)CO2. The van der Waals surface area contributed by atoms with Crippen LogP contribution in [0.4, 0.5) is 0 Å². The van der Waals surface area contributed by atoms with Gasteiger partial charge in [0.1, 0.15) is 12.2 Å². The van der Waals surface area contributed by atoms with E-state index in [0.717, 1.165) is 38.8 Å². The molecule has 0 saturated carbocycles. The number of esters is 1. The molecule has 0 bridgehead atoms. The molecule has 33 heavy (non-hydrogen) atoms. The van der Waals surface area contributed by atoms with Gasteiger partial charge in [0.25, 0.3) is 0 Å². The lowest BCUT2D eigenvalue weighted by molar-refractivity contribution is -0.142. The Labute approximate surface area is 191 Å². The zero-order chi connectivity index (χ0) is 22.8. The highest BCUT2D eigenvalue weighted by molar-refractivity contribution is 5.93. The number of nitrogens with two attached hydrogens (primary N) is 1. The van der Waals surface area contributed by atoms with Gasteiger partial charge in [0, 0.05) is 23.1 Å². The van der Waals surface area contributed by atoms with Crippen LogP contribution in [0.3, 0.4) is 0 Å². The lowest BCUT2D eigenvalue weighted by atomic mass is 9.96. The maximum atomic E-state index is 12.1. The maximum Gasteiger partial charge on any atom is 0.310 e. The van der Waals surface area contributed by atoms with Crippen molar-refractivity contribution < 1.29 is 23.4 Å². The molecule has 1 aliphatic rings. The summed E-state index contributed by atoms with van der Waals surface area (Å²) in [5.41, 5.74) is 11.4. The van der Waals surface area contributed by atoms with Gasteiger partial charge >= 0.3 is 5.97 Å². The number of rotatable bonds is 6. The molecular weight excluding hydrogens is 418 g/mol. The molecule has 0 amide bonds. The van der Waals surface area contributed by atoms with Crippen molar-refractivity contribution in [3.05, 3.63) is 83.6 Å². The van der Waals surface area contributed by atoms with Crippen LogP contribution in [0.5, 0.6) is 11.5 Å². The third kappa shape index (κ3) is 4.17. The molecule has 2 heterocycles. The summed E-state index contributed by atoms with van der Waals surface area (Å²) >= 11 is 0. The summed E-state index contributed by atoms with van der Waals surface area (Å²) in [5, 5.41) is 0.981. The molecule has 2 N–H and O–H groups in total. The molecule has 0 fully saturated rings. The van der Waals surface area contributed by atoms with Gasteiger partial charge in [-0.25, -0.2) is 0 Å². The van der Waals surface area contributed by atoms with Crippen molar-refractivity contribution in [1.29, 1.82) is 0 Å². The molecule has 0 aliphatic carbocycles. The molecule has 3 aromatic carbocycles. The van der Waals surface area contributed by atoms with Crippen molar-refractivity contribution >= 4 is 16.9 Å². The van der Waals surface area contributed by atoms with E-state index in [2.05, 4.69) is 18.2 Å². The summed E-state index contributed by atoms with van der Waals surface area (Å²) < 4.78 is 23.4. The van der Waals surface area contributed by atoms with Gasteiger partial charge in [0.2, 0.25) is 0 Å². The minimum absolute atomic E-state index is 0.130. The molecule has 168 valence electrons. The van der Waals surface area contributed by atoms with Crippen LogP contribution in [0.1, 0.15) is 29.7 Å². The van der Waals surface area contributed by atoms with Gasteiger partial charge in [-0.2, -0.15) is 0 Å².